The number of aromatic amines is 1. The van der Waals surface area contributed by atoms with Crippen molar-refractivity contribution in [2.45, 2.75) is 25.4 Å². The average Bonchev–Trinajstić information content (AvgIpc) is 3.14. The summed E-state index contributed by atoms with van der Waals surface area (Å²) in [6, 6.07) is 8.20. The molecular weight excluding hydrogens is 309 g/mol. The molecule has 1 saturated heterocycles. The van der Waals surface area contributed by atoms with Crippen molar-refractivity contribution >= 4 is 11.6 Å². The molecule has 1 aliphatic heterocycles. The number of H-pyrrole nitrogens is 1. The van der Waals surface area contributed by atoms with Crippen molar-refractivity contribution in [1.82, 2.24) is 20.4 Å². The fraction of sp³-hybridized carbons (Fsp3) is 0.412. The third-order valence-electron chi connectivity index (χ3n) is 4.36. The van der Waals surface area contributed by atoms with E-state index in [0.717, 1.165) is 17.9 Å². The van der Waals surface area contributed by atoms with Gasteiger partial charge in [0.05, 0.1) is 5.69 Å². The van der Waals surface area contributed by atoms with E-state index in [1.54, 1.807) is 19.2 Å². The second-order valence-electron chi connectivity index (χ2n) is 6.30. The van der Waals surface area contributed by atoms with Crippen LogP contribution >= 0.6 is 0 Å². The molecule has 0 saturated carbocycles. The summed E-state index contributed by atoms with van der Waals surface area (Å²) in [5.41, 5.74) is 1.80. The number of benzene rings is 1. The lowest BCUT2D eigenvalue weighted by molar-refractivity contribution is -0.124. The maximum absolute atomic E-state index is 13.5. The Hall–Kier alpha value is -2.41. The van der Waals surface area contributed by atoms with Crippen LogP contribution in [-0.4, -0.2) is 46.7 Å². The first-order valence-electron chi connectivity index (χ1n) is 8.00. The van der Waals surface area contributed by atoms with E-state index in [4.69, 9.17) is 0 Å². The van der Waals surface area contributed by atoms with Gasteiger partial charge in [0.15, 0.2) is 0 Å². The molecule has 128 valence electrons. The molecule has 2 aromatic rings. The molecule has 0 bridgehead atoms. The fourth-order valence-corrected chi connectivity index (χ4v) is 3.23. The Morgan fingerprint density at radius 2 is 2.29 bits per heavy atom. The van der Waals surface area contributed by atoms with E-state index in [1.807, 2.05) is 13.0 Å². The van der Waals surface area contributed by atoms with Gasteiger partial charge in [0.25, 0.3) is 0 Å². The molecule has 1 atom stereocenters. The Balaban J connectivity index is 1.76. The highest BCUT2D eigenvalue weighted by Gasteiger charge is 2.44. The van der Waals surface area contributed by atoms with Gasteiger partial charge < -0.3 is 10.6 Å². The zero-order chi connectivity index (χ0) is 17.2. The second kappa shape index (κ2) is 6.60. The van der Waals surface area contributed by atoms with Crippen LogP contribution in [0.1, 0.15) is 17.8 Å². The first-order chi connectivity index (χ1) is 11.5. The standard InChI is InChI=1S/C17H22FN5O/c1-12-8-15(22-21-12)10-23-7-6-17(11-23,16(24)19-2)20-14-5-3-4-13(18)9-14/h3-5,8-9,20H,6-7,10-11H2,1-2H3,(H,19,24)(H,21,22). The van der Waals surface area contributed by atoms with Crippen LogP contribution in [0.4, 0.5) is 10.1 Å². The van der Waals surface area contributed by atoms with Crippen molar-refractivity contribution in [3.8, 4) is 0 Å². The predicted molar refractivity (Wildman–Crippen MR) is 90.0 cm³/mol. The van der Waals surface area contributed by atoms with Gasteiger partial charge in [-0.15, -0.1) is 0 Å². The van der Waals surface area contributed by atoms with E-state index in [0.29, 0.717) is 25.2 Å². The number of likely N-dealkylation sites (tertiary alicyclic amines) is 1. The topological polar surface area (TPSA) is 73.1 Å². The van der Waals surface area contributed by atoms with Crippen molar-refractivity contribution in [2.24, 2.45) is 0 Å². The number of nitrogens with zero attached hydrogens (tertiary/aromatic N) is 2. The molecular formula is C17H22FN5O. The van der Waals surface area contributed by atoms with Crippen LogP contribution in [0.2, 0.25) is 0 Å². The van der Waals surface area contributed by atoms with Crippen molar-refractivity contribution < 1.29 is 9.18 Å². The highest BCUT2D eigenvalue weighted by molar-refractivity contribution is 5.90. The minimum absolute atomic E-state index is 0.0903. The summed E-state index contributed by atoms with van der Waals surface area (Å²) in [5, 5.41) is 13.2. The predicted octanol–water partition coefficient (Wildman–Crippen LogP) is 1.66. The summed E-state index contributed by atoms with van der Waals surface area (Å²) < 4.78 is 13.5. The Labute approximate surface area is 140 Å². The maximum Gasteiger partial charge on any atom is 0.246 e. The highest BCUT2D eigenvalue weighted by atomic mass is 19.1. The minimum atomic E-state index is -0.770. The van der Waals surface area contributed by atoms with Gasteiger partial charge in [-0.25, -0.2) is 4.39 Å². The van der Waals surface area contributed by atoms with Crippen molar-refractivity contribution in [3.05, 3.63) is 47.5 Å². The van der Waals surface area contributed by atoms with Gasteiger partial charge in [-0.2, -0.15) is 5.10 Å². The summed E-state index contributed by atoms with van der Waals surface area (Å²) in [5.74, 6) is -0.415. The molecule has 1 aliphatic rings. The smallest absolute Gasteiger partial charge is 0.246 e. The third kappa shape index (κ3) is 3.41. The first-order valence-corrected chi connectivity index (χ1v) is 8.00. The lowest BCUT2D eigenvalue weighted by Gasteiger charge is -2.30. The number of amides is 1. The fourth-order valence-electron chi connectivity index (χ4n) is 3.23. The molecule has 1 unspecified atom stereocenters. The van der Waals surface area contributed by atoms with Gasteiger partial charge in [0, 0.05) is 38.1 Å². The molecule has 1 aromatic carbocycles. The number of carbonyl (C=O) groups is 1. The lowest BCUT2D eigenvalue weighted by Crippen LogP contribution is -2.53. The van der Waals surface area contributed by atoms with E-state index < -0.39 is 5.54 Å². The maximum atomic E-state index is 13.5. The van der Waals surface area contributed by atoms with E-state index in [9.17, 15) is 9.18 Å². The molecule has 24 heavy (non-hydrogen) atoms. The van der Waals surface area contributed by atoms with Crippen LogP contribution in [0, 0.1) is 12.7 Å². The van der Waals surface area contributed by atoms with Crippen LogP contribution in [0.15, 0.2) is 30.3 Å². The Morgan fingerprint density at radius 3 is 2.96 bits per heavy atom. The number of nitrogens with one attached hydrogen (secondary N) is 3. The number of likely N-dealkylation sites (N-methyl/N-ethyl adjacent to an activating group) is 1. The number of anilines is 1. The highest BCUT2D eigenvalue weighted by Crippen LogP contribution is 2.28. The van der Waals surface area contributed by atoms with Gasteiger partial charge in [-0.05, 0) is 37.6 Å². The quantitative estimate of drug-likeness (QED) is 0.779. The number of halogens is 1. The first kappa shape index (κ1) is 16.4. The molecule has 3 rings (SSSR count). The van der Waals surface area contributed by atoms with E-state index in [1.165, 1.54) is 12.1 Å². The van der Waals surface area contributed by atoms with Gasteiger partial charge >= 0.3 is 0 Å². The minimum Gasteiger partial charge on any atom is -0.370 e. The van der Waals surface area contributed by atoms with Crippen LogP contribution in [-0.2, 0) is 11.3 Å². The van der Waals surface area contributed by atoms with Crippen LogP contribution in [0.5, 0.6) is 0 Å². The monoisotopic (exact) mass is 331 g/mol. The van der Waals surface area contributed by atoms with Crippen LogP contribution in [0.25, 0.3) is 0 Å². The molecule has 0 spiro atoms. The average molecular weight is 331 g/mol. The largest absolute Gasteiger partial charge is 0.370 e. The van der Waals surface area contributed by atoms with Crippen molar-refractivity contribution in [2.75, 3.05) is 25.5 Å². The zero-order valence-corrected chi connectivity index (χ0v) is 13.9. The van der Waals surface area contributed by atoms with Crippen LogP contribution < -0.4 is 10.6 Å². The summed E-state index contributed by atoms with van der Waals surface area (Å²) in [6.45, 7) is 3.94. The summed E-state index contributed by atoms with van der Waals surface area (Å²) in [7, 11) is 1.62. The number of carbonyl (C=O) groups excluding carboxylic acids is 1. The van der Waals surface area contributed by atoms with Crippen molar-refractivity contribution in [1.29, 1.82) is 0 Å². The molecule has 0 radical (unpaired) electrons. The van der Waals surface area contributed by atoms with Gasteiger partial charge in [0.2, 0.25) is 5.91 Å². The normalized spacial score (nSPS) is 21.0. The molecule has 1 aromatic heterocycles. The van der Waals surface area contributed by atoms with Gasteiger partial charge in [-0.1, -0.05) is 6.07 Å². The molecule has 1 fully saturated rings. The summed E-state index contributed by atoms with van der Waals surface area (Å²) in [4.78, 5) is 14.7. The van der Waals surface area contributed by atoms with Gasteiger partial charge in [-0.3, -0.25) is 14.8 Å². The summed E-state index contributed by atoms with van der Waals surface area (Å²) >= 11 is 0. The molecule has 1 amide bonds. The zero-order valence-electron chi connectivity index (χ0n) is 13.9. The Bertz CT molecular complexity index is 731. The van der Waals surface area contributed by atoms with Gasteiger partial charge in [0.1, 0.15) is 11.4 Å². The van der Waals surface area contributed by atoms with Crippen molar-refractivity contribution in [3.63, 3.8) is 0 Å². The Morgan fingerprint density at radius 1 is 1.46 bits per heavy atom. The number of hydrogen-bond acceptors (Lipinski definition) is 4. The number of aromatic nitrogens is 2. The molecule has 6 nitrogen and oxygen atoms in total. The molecule has 2 heterocycles. The van der Waals surface area contributed by atoms with E-state index in [2.05, 4.69) is 25.7 Å². The van der Waals surface area contributed by atoms with E-state index in [-0.39, 0.29) is 11.7 Å². The number of hydrogen-bond donors (Lipinski definition) is 3. The Kier molecular flexibility index (Phi) is 4.53. The second-order valence-corrected chi connectivity index (χ2v) is 6.30. The third-order valence-corrected chi connectivity index (χ3v) is 4.36. The molecule has 7 heteroatoms. The molecule has 3 N–H and O–H groups in total. The van der Waals surface area contributed by atoms with Crippen LogP contribution in [0.3, 0.4) is 0 Å². The SMILES string of the molecule is CNC(=O)C1(Nc2cccc(F)c2)CCN(Cc2cc(C)[nH]n2)C1. The summed E-state index contributed by atoms with van der Waals surface area (Å²) in [6.07, 6.45) is 0.645. The molecule has 0 aliphatic carbocycles. The van der Waals surface area contributed by atoms with E-state index >= 15 is 0 Å². The number of aryl methyl sites for hydroxylation is 1. The lowest BCUT2D eigenvalue weighted by atomic mass is 9.96. The number of rotatable bonds is 5.